The predicted octanol–water partition coefficient (Wildman–Crippen LogP) is 2.74. The van der Waals surface area contributed by atoms with Gasteiger partial charge in [-0.3, -0.25) is 14.5 Å². The van der Waals surface area contributed by atoms with Crippen LogP contribution in [0.15, 0.2) is 30.3 Å². The maximum atomic E-state index is 12.5. The number of carbonyl (C=O) groups excluding carboxylic acids is 3. The van der Waals surface area contributed by atoms with Gasteiger partial charge in [0.25, 0.3) is 11.8 Å². The fourth-order valence-electron chi connectivity index (χ4n) is 3.23. The van der Waals surface area contributed by atoms with Crippen LogP contribution in [0.5, 0.6) is 5.75 Å². The lowest BCUT2D eigenvalue weighted by Crippen LogP contribution is -2.41. The van der Waals surface area contributed by atoms with E-state index in [0.717, 1.165) is 0 Å². The molecule has 30 heavy (non-hydrogen) atoms. The molecule has 9 nitrogen and oxygen atoms in total. The zero-order valence-corrected chi connectivity index (χ0v) is 17.5. The monoisotopic (exact) mass is 451 g/mol. The van der Waals surface area contributed by atoms with Crippen molar-refractivity contribution < 1.29 is 28.6 Å². The van der Waals surface area contributed by atoms with E-state index < -0.39 is 18.1 Å². The first-order chi connectivity index (χ1) is 14.5. The van der Waals surface area contributed by atoms with Crippen molar-refractivity contribution in [3.63, 3.8) is 0 Å². The Bertz CT molecular complexity index is 996. The number of ether oxygens (including phenoxy) is 3. The lowest BCUT2D eigenvalue weighted by Gasteiger charge is -2.28. The van der Waals surface area contributed by atoms with Gasteiger partial charge in [-0.05, 0) is 24.3 Å². The number of thiophene rings is 1. The molecule has 2 aromatic rings. The number of nitrogens with zero attached hydrogens (tertiary/aromatic N) is 2. The normalized spacial score (nSPS) is 19.1. The Morgan fingerprint density at radius 3 is 2.80 bits per heavy atom. The van der Waals surface area contributed by atoms with Gasteiger partial charge in [-0.2, -0.15) is 0 Å². The van der Waals surface area contributed by atoms with Gasteiger partial charge in [0.05, 0.1) is 35.3 Å². The van der Waals surface area contributed by atoms with E-state index in [0.29, 0.717) is 39.6 Å². The quantitative estimate of drug-likeness (QED) is 0.750. The number of amides is 3. The molecule has 2 fully saturated rings. The van der Waals surface area contributed by atoms with Crippen molar-refractivity contribution in [2.45, 2.75) is 6.10 Å². The third kappa shape index (κ3) is 4.07. The standard InChI is InChI=1S/C19H18ClN3O6S/c1-27-13-8-11(22-6-7-28-10-17(22)24)2-3-12(13)23-9-14(29-19(23)26)18(25)21-16-5-4-15(20)30-16/h2-5,8,14H,6-7,9-10H2,1H3,(H,21,25). The summed E-state index contributed by atoms with van der Waals surface area (Å²) in [5, 5.41) is 3.25. The summed E-state index contributed by atoms with van der Waals surface area (Å²) in [4.78, 5) is 39.9. The zero-order chi connectivity index (χ0) is 21.3. The number of carbonyl (C=O) groups is 3. The van der Waals surface area contributed by atoms with Crippen LogP contribution in [0.25, 0.3) is 0 Å². The van der Waals surface area contributed by atoms with Crippen molar-refractivity contribution in [3.8, 4) is 5.75 Å². The number of nitrogens with one attached hydrogen (secondary N) is 1. The lowest BCUT2D eigenvalue weighted by molar-refractivity contribution is -0.125. The molecule has 0 radical (unpaired) electrons. The van der Waals surface area contributed by atoms with Gasteiger partial charge in [0.15, 0.2) is 6.10 Å². The van der Waals surface area contributed by atoms with Gasteiger partial charge >= 0.3 is 6.09 Å². The summed E-state index contributed by atoms with van der Waals surface area (Å²) in [5.41, 5.74) is 1.08. The average molecular weight is 452 g/mol. The third-order valence-electron chi connectivity index (χ3n) is 4.68. The van der Waals surface area contributed by atoms with E-state index in [-0.39, 0.29) is 19.1 Å². The van der Waals surface area contributed by atoms with Crippen LogP contribution in [0.2, 0.25) is 4.34 Å². The third-order valence-corrected chi connectivity index (χ3v) is 5.82. The molecule has 2 aliphatic rings. The SMILES string of the molecule is COc1cc(N2CCOCC2=O)ccc1N1CC(C(=O)Nc2ccc(Cl)s2)OC1=O. The largest absolute Gasteiger partial charge is 0.494 e. The van der Waals surface area contributed by atoms with Crippen LogP contribution >= 0.6 is 22.9 Å². The lowest BCUT2D eigenvalue weighted by atomic mass is 10.2. The fraction of sp³-hybridized carbons (Fsp3) is 0.316. The van der Waals surface area contributed by atoms with E-state index in [1.165, 1.54) is 23.3 Å². The van der Waals surface area contributed by atoms with E-state index in [1.54, 1.807) is 35.2 Å². The molecule has 0 spiro atoms. The first kappa shape index (κ1) is 20.5. The summed E-state index contributed by atoms with van der Waals surface area (Å²) in [5.74, 6) is -0.212. The number of rotatable bonds is 5. The van der Waals surface area contributed by atoms with Crippen molar-refractivity contribution in [1.82, 2.24) is 0 Å². The van der Waals surface area contributed by atoms with Crippen LogP contribution in [-0.2, 0) is 19.1 Å². The molecule has 1 atom stereocenters. The predicted molar refractivity (Wildman–Crippen MR) is 112 cm³/mol. The highest BCUT2D eigenvalue weighted by Gasteiger charge is 2.38. The van der Waals surface area contributed by atoms with Crippen LogP contribution in [0.4, 0.5) is 21.2 Å². The highest BCUT2D eigenvalue weighted by Crippen LogP contribution is 2.35. The summed E-state index contributed by atoms with van der Waals surface area (Å²) in [6.07, 6.45) is -1.64. The van der Waals surface area contributed by atoms with Gasteiger partial charge in [-0.25, -0.2) is 4.79 Å². The minimum absolute atomic E-state index is 0.0226. The number of hydrogen-bond donors (Lipinski definition) is 1. The Morgan fingerprint density at radius 2 is 2.10 bits per heavy atom. The fourth-order valence-corrected chi connectivity index (χ4v) is 4.17. The van der Waals surface area contributed by atoms with Crippen molar-refractivity contribution in [1.29, 1.82) is 0 Å². The maximum Gasteiger partial charge on any atom is 0.415 e. The molecule has 4 rings (SSSR count). The smallest absolute Gasteiger partial charge is 0.415 e. The molecule has 1 N–H and O–H groups in total. The number of benzene rings is 1. The molecule has 0 saturated carbocycles. The highest BCUT2D eigenvalue weighted by atomic mass is 35.5. The second kappa shape index (κ2) is 8.50. The summed E-state index contributed by atoms with van der Waals surface area (Å²) in [6.45, 7) is 0.924. The molecule has 3 heterocycles. The number of halogens is 1. The Balaban J connectivity index is 1.51. The molecule has 0 aliphatic carbocycles. The second-order valence-electron chi connectivity index (χ2n) is 6.53. The van der Waals surface area contributed by atoms with Gasteiger partial charge in [0.2, 0.25) is 0 Å². The average Bonchev–Trinajstić information content (AvgIpc) is 3.33. The van der Waals surface area contributed by atoms with E-state index >= 15 is 0 Å². The van der Waals surface area contributed by atoms with E-state index in [4.69, 9.17) is 25.8 Å². The molecule has 0 bridgehead atoms. The van der Waals surface area contributed by atoms with E-state index in [1.807, 2.05) is 0 Å². The minimum atomic E-state index is -0.983. The van der Waals surface area contributed by atoms with Crippen molar-refractivity contribution in [3.05, 3.63) is 34.7 Å². The molecule has 1 aromatic carbocycles. The summed E-state index contributed by atoms with van der Waals surface area (Å²) in [7, 11) is 1.47. The van der Waals surface area contributed by atoms with E-state index in [2.05, 4.69) is 5.32 Å². The van der Waals surface area contributed by atoms with Crippen molar-refractivity contribution >= 4 is 57.2 Å². The van der Waals surface area contributed by atoms with Gasteiger partial charge in [-0.1, -0.05) is 11.6 Å². The molecule has 1 unspecified atom stereocenters. The molecule has 11 heteroatoms. The van der Waals surface area contributed by atoms with Gasteiger partial charge in [0.1, 0.15) is 12.4 Å². The molecule has 2 aliphatic heterocycles. The number of anilines is 3. The molecular formula is C19H18ClN3O6S. The van der Waals surface area contributed by atoms with Crippen LogP contribution in [0, 0.1) is 0 Å². The van der Waals surface area contributed by atoms with Crippen LogP contribution in [0.3, 0.4) is 0 Å². The van der Waals surface area contributed by atoms with Gasteiger partial charge in [0, 0.05) is 18.3 Å². The summed E-state index contributed by atoms with van der Waals surface area (Å²) in [6, 6.07) is 8.40. The Kier molecular flexibility index (Phi) is 5.80. The van der Waals surface area contributed by atoms with E-state index in [9.17, 15) is 14.4 Å². The second-order valence-corrected chi connectivity index (χ2v) is 8.25. The minimum Gasteiger partial charge on any atom is -0.494 e. The summed E-state index contributed by atoms with van der Waals surface area (Å²) < 4.78 is 16.4. The Morgan fingerprint density at radius 1 is 1.27 bits per heavy atom. The van der Waals surface area contributed by atoms with Crippen LogP contribution in [0.1, 0.15) is 0 Å². The number of hydrogen-bond acceptors (Lipinski definition) is 7. The molecular weight excluding hydrogens is 434 g/mol. The molecule has 1 aromatic heterocycles. The zero-order valence-electron chi connectivity index (χ0n) is 15.9. The van der Waals surface area contributed by atoms with Gasteiger partial charge in [-0.15, -0.1) is 11.3 Å². The topological polar surface area (TPSA) is 97.4 Å². The highest BCUT2D eigenvalue weighted by molar-refractivity contribution is 7.20. The van der Waals surface area contributed by atoms with Crippen LogP contribution in [-0.4, -0.2) is 57.4 Å². The molecule has 3 amide bonds. The number of morpholine rings is 1. The Hall–Kier alpha value is -2.82. The van der Waals surface area contributed by atoms with Crippen LogP contribution < -0.4 is 19.9 Å². The maximum absolute atomic E-state index is 12.5. The molecule has 2 saturated heterocycles. The number of cyclic esters (lactones) is 1. The molecule has 158 valence electrons. The summed E-state index contributed by atoms with van der Waals surface area (Å²) >= 11 is 7.08. The first-order valence-corrected chi connectivity index (χ1v) is 10.3. The Labute approximate surface area is 181 Å². The first-order valence-electron chi connectivity index (χ1n) is 9.07. The van der Waals surface area contributed by atoms with Gasteiger partial charge < -0.3 is 24.4 Å². The van der Waals surface area contributed by atoms with Crippen molar-refractivity contribution in [2.24, 2.45) is 0 Å². The van der Waals surface area contributed by atoms with Crippen molar-refractivity contribution in [2.75, 3.05) is 48.5 Å². The number of methoxy groups -OCH3 is 1.